The number of sulfonamides is 1. The fourth-order valence-corrected chi connectivity index (χ4v) is 6.01. The van der Waals surface area contributed by atoms with Crippen molar-refractivity contribution in [2.75, 3.05) is 17.1 Å². The van der Waals surface area contributed by atoms with Crippen molar-refractivity contribution in [3.05, 3.63) is 97.9 Å². The van der Waals surface area contributed by atoms with E-state index in [1.165, 1.54) is 23.1 Å². The summed E-state index contributed by atoms with van der Waals surface area (Å²) in [6, 6.07) is 17.2. The van der Waals surface area contributed by atoms with E-state index in [0.29, 0.717) is 20.6 Å². The number of amides is 2. The third-order valence-electron chi connectivity index (χ3n) is 5.95. The molecule has 3 rings (SSSR count). The van der Waals surface area contributed by atoms with Crippen LogP contribution in [0.4, 0.5) is 5.69 Å². The van der Waals surface area contributed by atoms with E-state index in [2.05, 4.69) is 5.32 Å². The second-order valence-electron chi connectivity index (χ2n) is 9.46. The predicted octanol–water partition coefficient (Wildman–Crippen LogP) is 6.23. The van der Waals surface area contributed by atoms with Crippen LogP contribution in [-0.4, -0.2) is 50.0 Å². The van der Waals surface area contributed by atoms with E-state index in [1.807, 2.05) is 44.2 Å². The first kappa shape index (κ1) is 32.0. The number of hydrogen-bond acceptors (Lipinski definition) is 4. The molecule has 0 radical (unpaired) electrons. The Bertz CT molecular complexity index is 1450. The molecule has 3 aromatic carbocycles. The van der Waals surface area contributed by atoms with Gasteiger partial charge in [0.15, 0.2) is 0 Å². The molecule has 0 heterocycles. The Balaban J connectivity index is 2.12. The Labute approximate surface area is 255 Å². The molecule has 7 nitrogen and oxygen atoms in total. The van der Waals surface area contributed by atoms with Crippen molar-refractivity contribution >= 4 is 73.9 Å². The highest BCUT2D eigenvalue weighted by Crippen LogP contribution is 2.31. The lowest BCUT2D eigenvalue weighted by Crippen LogP contribution is -2.54. The Kier molecular flexibility index (Phi) is 11.1. The fraction of sp³-hybridized carbons (Fsp3) is 0.286. The van der Waals surface area contributed by atoms with Gasteiger partial charge in [0.2, 0.25) is 21.8 Å². The summed E-state index contributed by atoms with van der Waals surface area (Å²) in [5.41, 5.74) is 1.30. The monoisotopic (exact) mass is 643 g/mol. The Hall–Kier alpha value is -2.49. The lowest BCUT2D eigenvalue weighted by atomic mass is 10.0. The molecule has 12 heteroatoms. The van der Waals surface area contributed by atoms with E-state index in [1.54, 1.807) is 18.2 Å². The molecule has 0 aliphatic rings. The van der Waals surface area contributed by atoms with Crippen LogP contribution < -0.4 is 9.62 Å². The van der Waals surface area contributed by atoms with Gasteiger partial charge in [0.25, 0.3) is 0 Å². The molecule has 0 spiro atoms. The van der Waals surface area contributed by atoms with Crippen molar-refractivity contribution in [3.8, 4) is 0 Å². The maximum atomic E-state index is 14.1. The molecule has 0 aliphatic carbocycles. The van der Waals surface area contributed by atoms with E-state index in [4.69, 9.17) is 46.4 Å². The van der Waals surface area contributed by atoms with Crippen LogP contribution in [0.2, 0.25) is 20.1 Å². The molecule has 0 saturated carbocycles. The fourth-order valence-electron chi connectivity index (χ4n) is 4.07. The molecule has 0 aromatic heterocycles. The second kappa shape index (κ2) is 13.9. The zero-order valence-corrected chi connectivity index (χ0v) is 25.9. The van der Waals surface area contributed by atoms with Gasteiger partial charge in [-0.15, -0.1) is 0 Å². The molecule has 0 unspecified atom stereocenters. The van der Waals surface area contributed by atoms with E-state index in [0.717, 1.165) is 16.1 Å². The van der Waals surface area contributed by atoms with Crippen LogP contribution in [0.15, 0.2) is 66.7 Å². The summed E-state index contributed by atoms with van der Waals surface area (Å²) in [7, 11) is -3.99. The van der Waals surface area contributed by atoms with E-state index < -0.39 is 34.4 Å². The number of benzene rings is 3. The summed E-state index contributed by atoms with van der Waals surface area (Å²) < 4.78 is 26.6. The third-order valence-corrected chi connectivity index (χ3v) is 8.32. The lowest BCUT2D eigenvalue weighted by molar-refractivity contribution is -0.140. The van der Waals surface area contributed by atoms with Crippen LogP contribution in [0.25, 0.3) is 0 Å². The summed E-state index contributed by atoms with van der Waals surface area (Å²) in [5, 5.41) is 3.83. The summed E-state index contributed by atoms with van der Waals surface area (Å²) in [4.78, 5) is 29.0. The predicted molar refractivity (Wildman–Crippen MR) is 163 cm³/mol. The van der Waals surface area contributed by atoms with Crippen LogP contribution in [0.3, 0.4) is 0 Å². The van der Waals surface area contributed by atoms with Crippen LogP contribution in [0, 0.1) is 0 Å². The first-order valence-electron chi connectivity index (χ1n) is 12.3. The number of halogens is 4. The zero-order valence-electron chi connectivity index (χ0n) is 22.1. The van der Waals surface area contributed by atoms with Gasteiger partial charge in [-0.3, -0.25) is 13.9 Å². The summed E-state index contributed by atoms with van der Waals surface area (Å²) in [6.45, 7) is 2.83. The van der Waals surface area contributed by atoms with Crippen molar-refractivity contribution in [1.82, 2.24) is 10.2 Å². The number of rotatable bonds is 11. The molecule has 1 N–H and O–H groups in total. The first-order chi connectivity index (χ1) is 18.8. The van der Waals surface area contributed by atoms with Crippen LogP contribution in [0.1, 0.15) is 25.0 Å². The molecule has 1 atom stereocenters. The average molecular weight is 645 g/mol. The number of carbonyl (C=O) groups excluding carboxylic acids is 2. The molecule has 0 bridgehead atoms. The molecular weight excluding hydrogens is 616 g/mol. The lowest BCUT2D eigenvalue weighted by Gasteiger charge is -2.34. The van der Waals surface area contributed by atoms with Gasteiger partial charge in [-0.1, -0.05) is 82.8 Å². The Morgan fingerprint density at radius 1 is 0.875 bits per heavy atom. The minimum absolute atomic E-state index is 0.0461. The standard InChI is InChI=1S/C28H29Cl4N3O4S/c1-18(2)33-28(37)26(14-19-8-5-4-6-9-19)34(16-21-22(30)10-7-11-23(21)31)27(36)17-35(40(3,38)39)25-13-12-20(29)15-24(25)32/h4-13,15,18,26H,14,16-17H2,1-3H3,(H,33,37)/t26-/m1/s1. The molecule has 2 amide bonds. The summed E-state index contributed by atoms with van der Waals surface area (Å²) in [6.07, 6.45) is 1.13. The van der Waals surface area contributed by atoms with Gasteiger partial charge >= 0.3 is 0 Å². The molecule has 214 valence electrons. The minimum Gasteiger partial charge on any atom is -0.352 e. The molecule has 0 aliphatic heterocycles. The van der Waals surface area contributed by atoms with Gasteiger partial charge in [0, 0.05) is 39.6 Å². The maximum Gasteiger partial charge on any atom is 0.244 e. The average Bonchev–Trinajstić information content (AvgIpc) is 2.86. The van der Waals surface area contributed by atoms with E-state index >= 15 is 0 Å². The number of hydrogen-bond donors (Lipinski definition) is 1. The topological polar surface area (TPSA) is 86.8 Å². The smallest absolute Gasteiger partial charge is 0.244 e. The maximum absolute atomic E-state index is 14.1. The van der Waals surface area contributed by atoms with E-state index in [-0.39, 0.29) is 29.7 Å². The summed E-state index contributed by atoms with van der Waals surface area (Å²) in [5.74, 6) is -1.07. The van der Waals surface area contributed by atoms with Gasteiger partial charge < -0.3 is 10.2 Å². The van der Waals surface area contributed by atoms with Crippen molar-refractivity contribution in [3.63, 3.8) is 0 Å². The normalized spacial score (nSPS) is 12.2. The Morgan fingerprint density at radius 3 is 2.05 bits per heavy atom. The largest absolute Gasteiger partial charge is 0.352 e. The van der Waals surface area contributed by atoms with Crippen molar-refractivity contribution in [2.24, 2.45) is 0 Å². The van der Waals surface area contributed by atoms with Gasteiger partial charge in [0.1, 0.15) is 12.6 Å². The van der Waals surface area contributed by atoms with E-state index in [9.17, 15) is 18.0 Å². The van der Waals surface area contributed by atoms with Crippen molar-refractivity contribution < 1.29 is 18.0 Å². The number of nitrogens with zero attached hydrogens (tertiary/aromatic N) is 2. The summed E-state index contributed by atoms with van der Waals surface area (Å²) >= 11 is 25.3. The van der Waals surface area contributed by atoms with Crippen molar-refractivity contribution in [2.45, 2.75) is 38.9 Å². The number of anilines is 1. The van der Waals surface area contributed by atoms with Crippen LogP contribution >= 0.6 is 46.4 Å². The highest BCUT2D eigenvalue weighted by Gasteiger charge is 2.34. The Morgan fingerprint density at radius 2 is 1.50 bits per heavy atom. The molecule has 0 fully saturated rings. The second-order valence-corrected chi connectivity index (χ2v) is 13.0. The van der Waals surface area contributed by atoms with Gasteiger partial charge in [-0.05, 0) is 49.7 Å². The molecule has 40 heavy (non-hydrogen) atoms. The molecule has 0 saturated heterocycles. The first-order valence-corrected chi connectivity index (χ1v) is 15.6. The number of carbonyl (C=O) groups is 2. The highest BCUT2D eigenvalue weighted by atomic mass is 35.5. The quantitative estimate of drug-likeness (QED) is 0.268. The van der Waals surface area contributed by atoms with Gasteiger partial charge in [-0.25, -0.2) is 8.42 Å². The van der Waals surface area contributed by atoms with Crippen molar-refractivity contribution in [1.29, 1.82) is 0 Å². The number of nitrogens with one attached hydrogen (secondary N) is 1. The minimum atomic E-state index is -3.99. The third kappa shape index (κ3) is 8.51. The van der Waals surface area contributed by atoms with Crippen LogP contribution in [-0.2, 0) is 32.6 Å². The van der Waals surface area contributed by atoms with Gasteiger partial charge in [0.05, 0.1) is 17.0 Å². The SMILES string of the molecule is CC(C)NC(=O)[C@@H](Cc1ccccc1)N(Cc1c(Cl)cccc1Cl)C(=O)CN(c1ccc(Cl)cc1Cl)S(C)(=O)=O. The zero-order chi connectivity index (χ0) is 29.6. The molecular formula is C28H29Cl4N3O4S. The van der Waals surface area contributed by atoms with Gasteiger partial charge in [-0.2, -0.15) is 0 Å². The molecule has 3 aromatic rings. The highest BCUT2D eigenvalue weighted by molar-refractivity contribution is 7.92. The van der Waals surface area contributed by atoms with Crippen LogP contribution in [0.5, 0.6) is 0 Å².